The number of rotatable bonds is 4. The molecule has 0 saturated carbocycles. The zero-order valence-corrected chi connectivity index (χ0v) is 11.5. The average molecular weight is 274 g/mol. The van der Waals surface area contributed by atoms with E-state index >= 15 is 0 Å². The summed E-state index contributed by atoms with van der Waals surface area (Å²) in [4.78, 5) is 12.6. The quantitative estimate of drug-likeness (QED) is 0.670. The van der Waals surface area contributed by atoms with Gasteiger partial charge in [0.2, 0.25) is 0 Å². The first kappa shape index (κ1) is 14.3. The summed E-state index contributed by atoms with van der Waals surface area (Å²) in [6, 6.07) is 6.51. The minimum absolute atomic E-state index is 0.0512. The number of nitrogens with one attached hydrogen (secondary N) is 1. The number of anilines is 1. The minimum Gasteiger partial charge on any atom is -0.369 e. The predicted octanol–water partition coefficient (Wildman–Crippen LogP) is 1.90. The topological polar surface area (TPSA) is 82.2 Å². The highest BCUT2D eigenvalue weighted by Gasteiger charge is 2.21. The van der Waals surface area contributed by atoms with Crippen LogP contribution >= 0.6 is 0 Å². The first-order valence-electron chi connectivity index (χ1n) is 6.72. The van der Waals surface area contributed by atoms with Crippen LogP contribution in [0.1, 0.15) is 18.4 Å². The van der Waals surface area contributed by atoms with Gasteiger partial charge in [-0.2, -0.15) is 5.26 Å². The van der Waals surface area contributed by atoms with Gasteiger partial charge in [-0.1, -0.05) is 0 Å². The first-order chi connectivity index (χ1) is 9.61. The zero-order chi connectivity index (χ0) is 14.5. The van der Waals surface area contributed by atoms with E-state index in [0.717, 1.165) is 32.5 Å². The van der Waals surface area contributed by atoms with E-state index < -0.39 is 4.92 Å². The summed E-state index contributed by atoms with van der Waals surface area (Å²) in [7, 11) is 1.85. The molecule has 0 aliphatic carbocycles. The molecule has 1 fully saturated rings. The van der Waals surface area contributed by atoms with Crippen LogP contribution in [-0.2, 0) is 0 Å². The van der Waals surface area contributed by atoms with Crippen LogP contribution in [0.2, 0.25) is 0 Å². The van der Waals surface area contributed by atoms with Gasteiger partial charge >= 0.3 is 0 Å². The van der Waals surface area contributed by atoms with Gasteiger partial charge in [0, 0.05) is 19.7 Å². The first-order valence-corrected chi connectivity index (χ1v) is 6.72. The maximum absolute atomic E-state index is 11.1. The lowest BCUT2D eigenvalue weighted by molar-refractivity contribution is -0.384. The summed E-state index contributed by atoms with van der Waals surface area (Å²) in [5.74, 6) is 0.485. The number of hydrogen-bond acceptors (Lipinski definition) is 5. The van der Waals surface area contributed by atoms with Crippen molar-refractivity contribution in [1.29, 1.82) is 5.26 Å². The van der Waals surface area contributed by atoms with E-state index in [1.807, 2.05) is 18.0 Å². The van der Waals surface area contributed by atoms with E-state index in [-0.39, 0.29) is 5.69 Å². The number of nitrogens with zero attached hydrogens (tertiary/aromatic N) is 3. The summed E-state index contributed by atoms with van der Waals surface area (Å²) < 4.78 is 0. The predicted molar refractivity (Wildman–Crippen MR) is 76.7 cm³/mol. The number of hydrogen-bond donors (Lipinski definition) is 1. The molecule has 6 nitrogen and oxygen atoms in total. The minimum atomic E-state index is -0.397. The third kappa shape index (κ3) is 3.25. The fraction of sp³-hybridized carbons (Fsp3) is 0.500. The second kappa shape index (κ2) is 6.35. The molecular weight excluding hydrogens is 256 g/mol. The maximum Gasteiger partial charge on any atom is 0.292 e. The van der Waals surface area contributed by atoms with Gasteiger partial charge in [0.05, 0.1) is 16.6 Å². The van der Waals surface area contributed by atoms with Crippen LogP contribution in [0, 0.1) is 27.4 Å². The molecule has 0 aromatic heterocycles. The second-order valence-electron chi connectivity index (χ2n) is 5.17. The number of nitro groups is 1. The van der Waals surface area contributed by atoms with Crippen LogP contribution in [-0.4, -0.2) is 31.6 Å². The van der Waals surface area contributed by atoms with Crippen molar-refractivity contribution in [3.8, 4) is 6.07 Å². The lowest BCUT2D eigenvalue weighted by atomic mass is 9.99. The third-order valence-electron chi connectivity index (χ3n) is 3.64. The van der Waals surface area contributed by atoms with Crippen LogP contribution in [0.25, 0.3) is 0 Å². The van der Waals surface area contributed by atoms with Gasteiger partial charge in [0.1, 0.15) is 5.69 Å². The summed E-state index contributed by atoms with van der Waals surface area (Å²) in [6.07, 6.45) is 2.27. The Bertz CT molecular complexity index is 532. The molecule has 1 aliphatic rings. The van der Waals surface area contributed by atoms with Crippen molar-refractivity contribution in [1.82, 2.24) is 5.32 Å². The van der Waals surface area contributed by atoms with Crippen molar-refractivity contribution in [3.05, 3.63) is 33.9 Å². The smallest absolute Gasteiger partial charge is 0.292 e. The molecule has 0 bridgehead atoms. The Kier molecular flexibility index (Phi) is 4.53. The molecule has 0 amide bonds. The molecule has 2 rings (SSSR count). The molecule has 1 saturated heterocycles. The molecule has 1 N–H and O–H groups in total. The van der Waals surface area contributed by atoms with Gasteiger partial charge < -0.3 is 10.2 Å². The Morgan fingerprint density at radius 1 is 1.60 bits per heavy atom. The van der Waals surface area contributed by atoms with Crippen LogP contribution in [0.3, 0.4) is 0 Å². The summed E-state index contributed by atoms with van der Waals surface area (Å²) in [5.41, 5.74) is 1.01. The molecule has 1 aliphatic heterocycles. The normalized spacial score (nSPS) is 18.3. The highest BCUT2D eigenvalue weighted by atomic mass is 16.6. The van der Waals surface area contributed by atoms with Crippen LogP contribution in [0.15, 0.2) is 18.2 Å². The molecule has 1 aromatic rings. The fourth-order valence-corrected chi connectivity index (χ4v) is 2.62. The monoisotopic (exact) mass is 274 g/mol. The van der Waals surface area contributed by atoms with Gasteiger partial charge in [0.15, 0.2) is 0 Å². The lowest BCUT2D eigenvalue weighted by Gasteiger charge is -2.28. The number of nitro benzene ring substituents is 1. The Labute approximate surface area is 118 Å². The molecular formula is C14H18N4O2. The van der Waals surface area contributed by atoms with Crippen molar-refractivity contribution in [2.24, 2.45) is 5.92 Å². The number of piperidine rings is 1. The van der Waals surface area contributed by atoms with Gasteiger partial charge in [-0.05, 0) is 44.0 Å². The Balaban J connectivity index is 2.20. The fourth-order valence-electron chi connectivity index (χ4n) is 2.62. The van der Waals surface area contributed by atoms with Crippen molar-refractivity contribution >= 4 is 11.4 Å². The van der Waals surface area contributed by atoms with Crippen molar-refractivity contribution < 1.29 is 4.92 Å². The maximum atomic E-state index is 11.1. The third-order valence-corrected chi connectivity index (χ3v) is 3.64. The Hall–Kier alpha value is -2.13. The number of benzene rings is 1. The molecule has 0 radical (unpaired) electrons. The highest BCUT2D eigenvalue weighted by Crippen LogP contribution is 2.29. The Morgan fingerprint density at radius 2 is 2.40 bits per heavy atom. The van der Waals surface area contributed by atoms with Crippen LogP contribution in [0.4, 0.5) is 11.4 Å². The second-order valence-corrected chi connectivity index (χ2v) is 5.17. The standard InChI is InChI=1S/C14H18N4O2/c1-17(10-12-3-2-6-16-9-12)14-7-11(8-15)4-5-13(14)18(19)20/h4-5,7,12,16H,2-3,6,9-10H2,1H3. The van der Waals surface area contributed by atoms with E-state index in [1.54, 1.807) is 6.07 Å². The lowest BCUT2D eigenvalue weighted by Crippen LogP contribution is -2.37. The molecule has 106 valence electrons. The molecule has 1 unspecified atom stereocenters. The summed E-state index contributed by atoms with van der Waals surface area (Å²) in [6.45, 7) is 2.74. The van der Waals surface area contributed by atoms with E-state index in [9.17, 15) is 10.1 Å². The summed E-state index contributed by atoms with van der Waals surface area (Å²) in [5, 5.41) is 23.4. The van der Waals surface area contributed by atoms with E-state index in [2.05, 4.69) is 5.32 Å². The molecule has 1 aromatic carbocycles. The van der Waals surface area contributed by atoms with E-state index in [0.29, 0.717) is 17.2 Å². The molecule has 20 heavy (non-hydrogen) atoms. The molecule has 1 atom stereocenters. The van der Waals surface area contributed by atoms with Crippen molar-refractivity contribution in [2.75, 3.05) is 31.6 Å². The van der Waals surface area contributed by atoms with E-state index in [1.165, 1.54) is 12.1 Å². The molecule has 6 heteroatoms. The highest BCUT2D eigenvalue weighted by molar-refractivity contribution is 5.65. The van der Waals surface area contributed by atoms with Gasteiger partial charge in [0.25, 0.3) is 5.69 Å². The Morgan fingerprint density at radius 3 is 3.00 bits per heavy atom. The van der Waals surface area contributed by atoms with Gasteiger partial charge in [-0.25, -0.2) is 0 Å². The summed E-state index contributed by atoms with van der Waals surface area (Å²) >= 11 is 0. The number of nitriles is 1. The largest absolute Gasteiger partial charge is 0.369 e. The molecule has 1 heterocycles. The van der Waals surface area contributed by atoms with E-state index in [4.69, 9.17) is 5.26 Å². The van der Waals surface area contributed by atoms with Crippen molar-refractivity contribution in [3.63, 3.8) is 0 Å². The zero-order valence-electron chi connectivity index (χ0n) is 11.5. The van der Waals surface area contributed by atoms with Crippen LogP contribution < -0.4 is 10.2 Å². The molecule has 0 spiro atoms. The van der Waals surface area contributed by atoms with Crippen molar-refractivity contribution in [2.45, 2.75) is 12.8 Å². The van der Waals surface area contributed by atoms with Gasteiger partial charge in [-0.15, -0.1) is 0 Å². The average Bonchev–Trinajstić information content (AvgIpc) is 2.47. The van der Waals surface area contributed by atoms with Gasteiger partial charge in [-0.3, -0.25) is 10.1 Å². The SMILES string of the molecule is CN(CC1CCCNC1)c1cc(C#N)ccc1[N+](=O)[O-]. The van der Waals surface area contributed by atoms with Crippen LogP contribution in [0.5, 0.6) is 0 Å².